The molecule has 5 nitrogen and oxygen atoms in total. The molecular weight excluding hydrogens is 210 g/mol. The lowest BCUT2D eigenvalue weighted by Gasteiger charge is -1.95. The fraction of sp³-hybridized carbons (Fsp3) is 0.182. The lowest BCUT2D eigenvalue weighted by molar-refractivity contribution is 0.0937. The van der Waals surface area contributed by atoms with Gasteiger partial charge in [0, 0.05) is 12.4 Å². The molecule has 3 rings (SSSR count). The molecule has 0 saturated carbocycles. The minimum Gasteiger partial charge on any atom is -0.453 e. The number of rotatable bonds is 1. The Hall–Kier alpha value is -2.17. The van der Waals surface area contributed by atoms with E-state index in [0.717, 1.165) is 5.39 Å². The largest absolute Gasteiger partial charge is 0.453 e. The first kappa shape index (κ1) is 9.08. The quantitative estimate of drug-likeness (QED) is 0.789. The predicted octanol–water partition coefficient (Wildman–Crippen LogP) is 1.52. The summed E-state index contributed by atoms with van der Waals surface area (Å²) in [5.74, 6) is 1.21. The third-order valence-corrected chi connectivity index (χ3v) is 2.47. The van der Waals surface area contributed by atoms with E-state index in [2.05, 4.69) is 5.32 Å². The second kappa shape index (κ2) is 3.16. The van der Waals surface area contributed by atoms with Crippen LogP contribution in [0.15, 0.2) is 22.6 Å². The van der Waals surface area contributed by atoms with E-state index in [4.69, 9.17) is 13.9 Å². The van der Waals surface area contributed by atoms with Gasteiger partial charge in [0.15, 0.2) is 17.1 Å². The molecule has 1 N–H and O–H groups in total. The summed E-state index contributed by atoms with van der Waals surface area (Å²) in [6.07, 6.45) is 0. The van der Waals surface area contributed by atoms with Gasteiger partial charge in [0.05, 0.1) is 0 Å². The third kappa shape index (κ3) is 1.14. The van der Waals surface area contributed by atoms with Crippen LogP contribution in [0.3, 0.4) is 0 Å². The van der Waals surface area contributed by atoms with Crippen molar-refractivity contribution in [3.63, 3.8) is 0 Å². The Morgan fingerprint density at radius 3 is 3.06 bits per heavy atom. The van der Waals surface area contributed by atoms with Gasteiger partial charge in [-0.3, -0.25) is 4.79 Å². The average molecular weight is 219 g/mol. The van der Waals surface area contributed by atoms with Crippen molar-refractivity contribution in [2.45, 2.75) is 0 Å². The van der Waals surface area contributed by atoms with E-state index < -0.39 is 0 Å². The summed E-state index contributed by atoms with van der Waals surface area (Å²) in [5.41, 5.74) is 0.550. The number of hydrogen-bond donors (Lipinski definition) is 1. The summed E-state index contributed by atoms with van der Waals surface area (Å²) >= 11 is 0. The number of benzene rings is 1. The van der Waals surface area contributed by atoms with Gasteiger partial charge in [-0.2, -0.15) is 0 Å². The molecule has 0 radical (unpaired) electrons. The average Bonchev–Trinajstić information content (AvgIpc) is 2.92. The molecule has 1 aromatic carbocycles. The zero-order chi connectivity index (χ0) is 11.1. The van der Waals surface area contributed by atoms with Crippen LogP contribution in [0.25, 0.3) is 11.0 Å². The molecule has 0 aliphatic carbocycles. The predicted molar refractivity (Wildman–Crippen MR) is 55.7 cm³/mol. The Morgan fingerprint density at radius 1 is 1.38 bits per heavy atom. The van der Waals surface area contributed by atoms with Crippen LogP contribution in [-0.4, -0.2) is 19.7 Å². The van der Waals surface area contributed by atoms with E-state index in [1.807, 2.05) is 6.07 Å². The summed E-state index contributed by atoms with van der Waals surface area (Å²) in [6, 6.07) is 5.31. The molecule has 2 aromatic rings. The molecular formula is C11H9NO4. The smallest absolute Gasteiger partial charge is 0.286 e. The van der Waals surface area contributed by atoms with Crippen LogP contribution in [0.1, 0.15) is 10.6 Å². The van der Waals surface area contributed by atoms with Crippen molar-refractivity contribution in [3.05, 3.63) is 24.0 Å². The summed E-state index contributed by atoms with van der Waals surface area (Å²) in [4.78, 5) is 11.4. The molecule has 2 heterocycles. The Morgan fingerprint density at radius 2 is 2.25 bits per heavy atom. The Kier molecular flexibility index (Phi) is 1.80. The number of carbonyl (C=O) groups excluding carboxylic acids is 1. The highest BCUT2D eigenvalue weighted by Crippen LogP contribution is 2.40. The number of amides is 1. The van der Waals surface area contributed by atoms with E-state index in [-0.39, 0.29) is 18.5 Å². The number of carbonyl (C=O) groups is 1. The van der Waals surface area contributed by atoms with Gasteiger partial charge in [-0.25, -0.2) is 0 Å². The molecule has 0 spiro atoms. The lowest BCUT2D eigenvalue weighted by atomic mass is 10.2. The highest BCUT2D eigenvalue weighted by molar-refractivity contribution is 5.97. The van der Waals surface area contributed by atoms with Crippen molar-refractivity contribution in [3.8, 4) is 11.5 Å². The second-order valence-corrected chi connectivity index (χ2v) is 3.41. The normalized spacial score (nSPS) is 13.1. The van der Waals surface area contributed by atoms with Gasteiger partial charge in [0.2, 0.25) is 12.5 Å². The highest BCUT2D eigenvalue weighted by atomic mass is 16.7. The molecule has 1 aliphatic heterocycles. The number of fused-ring (bicyclic) bond motifs is 3. The number of hydrogen-bond acceptors (Lipinski definition) is 4. The topological polar surface area (TPSA) is 60.7 Å². The lowest BCUT2D eigenvalue weighted by Crippen LogP contribution is -2.16. The van der Waals surface area contributed by atoms with Gasteiger partial charge in [-0.1, -0.05) is 0 Å². The SMILES string of the molecule is CNC(=O)c1cc2ccc3c(c2o1)OCO3. The molecule has 0 fully saturated rings. The van der Waals surface area contributed by atoms with Crippen molar-refractivity contribution in [2.24, 2.45) is 0 Å². The zero-order valence-corrected chi connectivity index (χ0v) is 8.57. The van der Waals surface area contributed by atoms with Gasteiger partial charge in [0.25, 0.3) is 5.91 Å². The van der Waals surface area contributed by atoms with Crippen molar-refractivity contribution in [1.82, 2.24) is 5.32 Å². The molecule has 1 amide bonds. The molecule has 16 heavy (non-hydrogen) atoms. The first-order valence-corrected chi connectivity index (χ1v) is 4.84. The van der Waals surface area contributed by atoms with Crippen LogP contribution in [-0.2, 0) is 0 Å². The van der Waals surface area contributed by atoms with Crippen molar-refractivity contribution in [1.29, 1.82) is 0 Å². The molecule has 0 saturated heterocycles. The Bertz CT molecular complexity index is 573. The molecule has 0 unspecified atom stereocenters. The standard InChI is InChI=1S/C11H9NO4/c1-12-11(13)8-4-6-2-3-7-10(9(6)16-8)15-5-14-7/h2-4H,5H2,1H3,(H,12,13). The first-order valence-electron chi connectivity index (χ1n) is 4.84. The third-order valence-electron chi connectivity index (χ3n) is 2.47. The molecule has 1 aromatic heterocycles. The second-order valence-electron chi connectivity index (χ2n) is 3.41. The van der Waals surface area contributed by atoms with Crippen LogP contribution in [0.5, 0.6) is 11.5 Å². The van der Waals surface area contributed by atoms with Crippen LogP contribution >= 0.6 is 0 Å². The maximum absolute atomic E-state index is 11.4. The van der Waals surface area contributed by atoms with Crippen molar-refractivity contribution >= 4 is 16.9 Å². The minimum absolute atomic E-state index is 0.185. The molecule has 1 aliphatic rings. The maximum atomic E-state index is 11.4. The summed E-state index contributed by atoms with van der Waals surface area (Å²) in [5, 5.41) is 3.33. The van der Waals surface area contributed by atoms with Gasteiger partial charge in [0.1, 0.15) is 0 Å². The van der Waals surface area contributed by atoms with Crippen LogP contribution in [0.2, 0.25) is 0 Å². The Balaban J connectivity index is 2.21. The van der Waals surface area contributed by atoms with Crippen LogP contribution in [0, 0.1) is 0 Å². The van der Waals surface area contributed by atoms with Gasteiger partial charge in [-0.15, -0.1) is 0 Å². The number of ether oxygens (including phenoxy) is 2. The van der Waals surface area contributed by atoms with E-state index in [0.29, 0.717) is 17.1 Å². The molecule has 82 valence electrons. The fourth-order valence-electron chi connectivity index (χ4n) is 1.70. The first-order chi connectivity index (χ1) is 7.79. The molecule has 5 heteroatoms. The molecule has 0 bridgehead atoms. The number of nitrogens with one attached hydrogen (secondary N) is 1. The van der Waals surface area contributed by atoms with E-state index in [9.17, 15) is 4.79 Å². The summed E-state index contributed by atoms with van der Waals surface area (Å²) in [7, 11) is 1.56. The van der Waals surface area contributed by atoms with E-state index in [1.54, 1.807) is 19.2 Å². The zero-order valence-electron chi connectivity index (χ0n) is 8.57. The highest BCUT2D eigenvalue weighted by Gasteiger charge is 2.21. The molecule has 0 atom stereocenters. The van der Waals surface area contributed by atoms with Gasteiger partial charge in [-0.05, 0) is 18.2 Å². The monoisotopic (exact) mass is 219 g/mol. The summed E-state index contributed by atoms with van der Waals surface area (Å²) in [6.45, 7) is 0.185. The van der Waals surface area contributed by atoms with E-state index >= 15 is 0 Å². The number of furan rings is 1. The minimum atomic E-state index is -0.260. The van der Waals surface area contributed by atoms with Crippen LogP contribution < -0.4 is 14.8 Å². The van der Waals surface area contributed by atoms with Crippen molar-refractivity contribution in [2.75, 3.05) is 13.8 Å². The van der Waals surface area contributed by atoms with Crippen LogP contribution in [0.4, 0.5) is 0 Å². The Labute approximate surface area is 90.9 Å². The van der Waals surface area contributed by atoms with Crippen molar-refractivity contribution < 1.29 is 18.7 Å². The summed E-state index contributed by atoms with van der Waals surface area (Å²) < 4.78 is 16.0. The van der Waals surface area contributed by atoms with Gasteiger partial charge < -0.3 is 19.2 Å². The van der Waals surface area contributed by atoms with Gasteiger partial charge >= 0.3 is 0 Å². The van der Waals surface area contributed by atoms with E-state index in [1.165, 1.54) is 0 Å². The maximum Gasteiger partial charge on any atom is 0.286 e. The fourth-order valence-corrected chi connectivity index (χ4v) is 1.70.